The Morgan fingerprint density at radius 1 is 1.67 bits per heavy atom. The van der Waals surface area contributed by atoms with Crippen molar-refractivity contribution in [3.05, 3.63) is 0 Å². The molecule has 0 aromatic heterocycles. The highest BCUT2D eigenvalue weighted by molar-refractivity contribution is 6.06. The Labute approximate surface area is 52.7 Å². The third-order valence-electron chi connectivity index (χ3n) is 1.87. The van der Waals surface area contributed by atoms with Crippen LogP contribution in [0.1, 0.15) is 19.3 Å². The molecule has 1 aliphatic carbocycles. The van der Waals surface area contributed by atoms with Crippen molar-refractivity contribution in [1.29, 1.82) is 0 Å². The van der Waals surface area contributed by atoms with Gasteiger partial charge in [-0.15, -0.1) is 0 Å². The van der Waals surface area contributed by atoms with E-state index >= 15 is 0 Å². The SMILES string of the molecule is O=C1ON=C2CCCC12. The number of carbonyl (C=O) groups excluding carboxylic acids is 1. The molecular weight excluding hydrogens is 118 g/mol. The zero-order valence-corrected chi connectivity index (χ0v) is 4.96. The summed E-state index contributed by atoms with van der Waals surface area (Å²) in [7, 11) is 0. The van der Waals surface area contributed by atoms with Crippen LogP contribution in [0.4, 0.5) is 0 Å². The molecule has 1 saturated carbocycles. The van der Waals surface area contributed by atoms with E-state index in [0.29, 0.717) is 0 Å². The van der Waals surface area contributed by atoms with Gasteiger partial charge < -0.3 is 4.84 Å². The Balaban J connectivity index is 2.28. The molecule has 0 bridgehead atoms. The quantitative estimate of drug-likeness (QED) is 0.447. The second-order valence-corrected chi connectivity index (χ2v) is 2.44. The minimum Gasteiger partial charge on any atom is -0.318 e. The second-order valence-electron chi connectivity index (χ2n) is 2.44. The van der Waals surface area contributed by atoms with E-state index in [-0.39, 0.29) is 11.9 Å². The van der Waals surface area contributed by atoms with E-state index < -0.39 is 0 Å². The maximum atomic E-state index is 10.7. The molecule has 9 heavy (non-hydrogen) atoms. The van der Waals surface area contributed by atoms with Crippen LogP contribution in [0, 0.1) is 5.92 Å². The standard InChI is InChI=1S/C6H7NO2/c8-6-4-2-1-3-5(4)7-9-6/h4H,1-3H2. The molecule has 1 fully saturated rings. The summed E-state index contributed by atoms with van der Waals surface area (Å²) in [6, 6.07) is 0. The van der Waals surface area contributed by atoms with Gasteiger partial charge in [-0.05, 0) is 19.3 Å². The van der Waals surface area contributed by atoms with Gasteiger partial charge in [0.15, 0.2) is 0 Å². The molecule has 48 valence electrons. The molecule has 1 heterocycles. The van der Waals surface area contributed by atoms with Crippen LogP contribution in [-0.4, -0.2) is 11.7 Å². The normalized spacial score (nSPS) is 31.8. The third-order valence-corrected chi connectivity index (χ3v) is 1.87. The van der Waals surface area contributed by atoms with Gasteiger partial charge in [0.25, 0.3) is 0 Å². The predicted molar refractivity (Wildman–Crippen MR) is 30.9 cm³/mol. The number of hydrogen-bond donors (Lipinski definition) is 0. The highest BCUT2D eigenvalue weighted by Gasteiger charge is 2.35. The lowest BCUT2D eigenvalue weighted by Crippen LogP contribution is -2.10. The smallest absolute Gasteiger partial charge is 0.318 e. The molecule has 2 rings (SSSR count). The number of oxime groups is 1. The number of carbonyl (C=O) groups is 1. The van der Waals surface area contributed by atoms with Gasteiger partial charge in [-0.1, -0.05) is 5.16 Å². The van der Waals surface area contributed by atoms with Crippen LogP contribution in [-0.2, 0) is 9.63 Å². The summed E-state index contributed by atoms with van der Waals surface area (Å²) >= 11 is 0. The molecule has 1 unspecified atom stereocenters. The summed E-state index contributed by atoms with van der Waals surface area (Å²) in [5.74, 6) is -0.118. The highest BCUT2D eigenvalue weighted by Crippen LogP contribution is 2.27. The fourth-order valence-electron chi connectivity index (χ4n) is 1.36. The molecule has 1 atom stereocenters. The monoisotopic (exact) mass is 125 g/mol. The molecule has 1 aliphatic heterocycles. The van der Waals surface area contributed by atoms with Crippen molar-refractivity contribution < 1.29 is 9.63 Å². The van der Waals surface area contributed by atoms with E-state index in [0.717, 1.165) is 25.0 Å². The molecule has 0 radical (unpaired) electrons. The van der Waals surface area contributed by atoms with Crippen molar-refractivity contribution in [2.24, 2.45) is 11.1 Å². The molecular formula is C6H7NO2. The van der Waals surface area contributed by atoms with E-state index in [2.05, 4.69) is 9.99 Å². The molecule has 3 heteroatoms. The Bertz CT molecular complexity index is 185. The van der Waals surface area contributed by atoms with E-state index in [1.54, 1.807) is 0 Å². The van der Waals surface area contributed by atoms with Gasteiger partial charge in [0, 0.05) is 0 Å². The van der Waals surface area contributed by atoms with Crippen LogP contribution >= 0.6 is 0 Å². The Kier molecular flexibility index (Phi) is 0.860. The summed E-state index contributed by atoms with van der Waals surface area (Å²) in [5, 5.41) is 3.65. The number of rotatable bonds is 0. The van der Waals surface area contributed by atoms with Crippen LogP contribution in [0.25, 0.3) is 0 Å². The summed E-state index contributed by atoms with van der Waals surface area (Å²) in [4.78, 5) is 15.2. The first-order valence-electron chi connectivity index (χ1n) is 3.15. The summed E-state index contributed by atoms with van der Waals surface area (Å²) < 4.78 is 0. The average Bonchev–Trinajstić information content (AvgIpc) is 2.35. The van der Waals surface area contributed by atoms with Crippen molar-refractivity contribution in [2.45, 2.75) is 19.3 Å². The lowest BCUT2D eigenvalue weighted by Gasteiger charge is -1.92. The molecule has 0 saturated heterocycles. The molecule has 0 N–H and O–H groups in total. The van der Waals surface area contributed by atoms with Crippen molar-refractivity contribution in [1.82, 2.24) is 0 Å². The van der Waals surface area contributed by atoms with Crippen LogP contribution in [0.5, 0.6) is 0 Å². The Hall–Kier alpha value is -0.860. The predicted octanol–water partition coefficient (Wildman–Crippen LogP) is 0.699. The lowest BCUT2D eigenvalue weighted by atomic mass is 10.1. The van der Waals surface area contributed by atoms with Crippen molar-refractivity contribution in [3.63, 3.8) is 0 Å². The minimum atomic E-state index is -0.150. The van der Waals surface area contributed by atoms with Crippen LogP contribution in [0.15, 0.2) is 5.16 Å². The number of hydrogen-bond acceptors (Lipinski definition) is 3. The summed E-state index contributed by atoms with van der Waals surface area (Å²) in [5.41, 5.74) is 0.958. The molecule has 0 aromatic rings. The van der Waals surface area contributed by atoms with E-state index in [1.165, 1.54) is 0 Å². The maximum Gasteiger partial charge on any atom is 0.343 e. The summed E-state index contributed by atoms with van der Waals surface area (Å²) in [6.45, 7) is 0. The van der Waals surface area contributed by atoms with Crippen molar-refractivity contribution in [3.8, 4) is 0 Å². The molecule has 2 aliphatic rings. The van der Waals surface area contributed by atoms with Crippen molar-refractivity contribution >= 4 is 11.7 Å². The highest BCUT2D eigenvalue weighted by atomic mass is 16.7. The Morgan fingerprint density at radius 3 is 3.33 bits per heavy atom. The van der Waals surface area contributed by atoms with Gasteiger partial charge in [-0.25, -0.2) is 4.79 Å². The fourth-order valence-corrected chi connectivity index (χ4v) is 1.36. The first kappa shape index (κ1) is 4.97. The lowest BCUT2D eigenvalue weighted by molar-refractivity contribution is -0.143. The van der Waals surface area contributed by atoms with Gasteiger partial charge in [-0.3, -0.25) is 0 Å². The first-order chi connectivity index (χ1) is 4.38. The van der Waals surface area contributed by atoms with Gasteiger partial charge >= 0.3 is 5.97 Å². The molecule has 0 amide bonds. The van der Waals surface area contributed by atoms with Crippen molar-refractivity contribution in [2.75, 3.05) is 0 Å². The van der Waals surface area contributed by atoms with E-state index in [9.17, 15) is 4.79 Å². The number of nitrogens with zero attached hydrogens (tertiary/aromatic N) is 1. The van der Waals surface area contributed by atoms with Gasteiger partial charge in [0.2, 0.25) is 0 Å². The van der Waals surface area contributed by atoms with E-state index in [1.807, 2.05) is 0 Å². The first-order valence-corrected chi connectivity index (χ1v) is 3.15. The summed E-state index contributed by atoms with van der Waals surface area (Å²) in [6.07, 6.45) is 2.99. The van der Waals surface area contributed by atoms with Gasteiger partial charge in [0.1, 0.15) is 5.92 Å². The van der Waals surface area contributed by atoms with Gasteiger partial charge in [0.05, 0.1) is 5.71 Å². The Morgan fingerprint density at radius 2 is 2.56 bits per heavy atom. The topological polar surface area (TPSA) is 38.7 Å². The third kappa shape index (κ3) is 0.573. The minimum absolute atomic E-state index is 0.0324. The zero-order valence-electron chi connectivity index (χ0n) is 4.96. The fraction of sp³-hybridized carbons (Fsp3) is 0.667. The van der Waals surface area contributed by atoms with E-state index in [4.69, 9.17) is 0 Å². The largest absolute Gasteiger partial charge is 0.343 e. The maximum absolute atomic E-state index is 10.7. The zero-order chi connectivity index (χ0) is 6.27. The molecule has 3 nitrogen and oxygen atoms in total. The average molecular weight is 125 g/mol. The molecule has 0 aromatic carbocycles. The van der Waals surface area contributed by atoms with Crippen LogP contribution < -0.4 is 0 Å². The second kappa shape index (κ2) is 1.56. The molecule has 0 spiro atoms. The van der Waals surface area contributed by atoms with Crippen LogP contribution in [0.3, 0.4) is 0 Å². The number of fused-ring (bicyclic) bond motifs is 1. The van der Waals surface area contributed by atoms with Gasteiger partial charge in [-0.2, -0.15) is 0 Å². The van der Waals surface area contributed by atoms with Crippen LogP contribution in [0.2, 0.25) is 0 Å².